The molecule has 0 aliphatic carbocycles. The van der Waals surface area contributed by atoms with E-state index in [1.807, 2.05) is 13.1 Å². The molecule has 4 heteroatoms. The van der Waals surface area contributed by atoms with E-state index in [4.69, 9.17) is 4.52 Å². The van der Waals surface area contributed by atoms with Crippen molar-refractivity contribution in [2.75, 3.05) is 32.7 Å². The molecule has 15 heavy (non-hydrogen) atoms. The lowest BCUT2D eigenvalue weighted by Crippen LogP contribution is -2.45. The Kier molecular flexibility index (Phi) is 3.38. The van der Waals surface area contributed by atoms with Crippen molar-refractivity contribution in [2.24, 2.45) is 0 Å². The molecule has 0 atom stereocenters. The van der Waals surface area contributed by atoms with E-state index < -0.39 is 0 Å². The predicted molar refractivity (Wildman–Crippen MR) is 58.6 cm³/mol. The van der Waals surface area contributed by atoms with Crippen molar-refractivity contribution in [3.8, 4) is 0 Å². The number of nitrogens with zero attached hydrogens (tertiary/aromatic N) is 3. The third kappa shape index (κ3) is 2.58. The highest BCUT2D eigenvalue weighted by molar-refractivity contribution is 5.11. The van der Waals surface area contributed by atoms with Crippen molar-refractivity contribution in [1.29, 1.82) is 0 Å². The Morgan fingerprint density at radius 1 is 1.27 bits per heavy atom. The Labute approximate surface area is 90.8 Å². The van der Waals surface area contributed by atoms with Crippen LogP contribution in [0.5, 0.6) is 0 Å². The number of aryl methyl sites for hydroxylation is 1. The van der Waals surface area contributed by atoms with Crippen molar-refractivity contribution in [3.63, 3.8) is 0 Å². The van der Waals surface area contributed by atoms with Gasteiger partial charge in [0.2, 0.25) is 0 Å². The van der Waals surface area contributed by atoms with Crippen LogP contribution in [-0.2, 0) is 6.54 Å². The molecular formula is C11H19N3O. The van der Waals surface area contributed by atoms with Crippen LogP contribution in [0.4, 0.5) is 0 Å². The highest BCUT2D eigenvalue weighted by Gasteiger charge is 2.16. The molecule has 0 unspecified atom stereocenters. The lowest BCUT2D eigenvalue weighted by molar-refractivity contribution is 0.131. The zero-order valence-corrected chi connectivity index (χ0v) is 9.57. The largest absolute Gasteiger partial charge is 0.361 e. The molecule has 1 aliphatic heterocycles. The summed E-state index contributed by atoms with van der Waals surface area (Å²) in [5, 5.41) is 3.81. The normalized spacial score (nSPS) is 19.6. The Hall–Kier alpha value is -0.870. The molecule has 1 saturated heterocycles. The van der Waals surface area contributed by atoms with E-state index in [9.17, 15) is 0 Å². The first kappa shape index (κ1) is 10.6. The Balaban J connectivity index is 1.85. The summed E-state index contributed by atoms with van der Waals surface area (Å²) < 4.78 is 5.06. The lowest BCUT2D eigenvalue weighted by Gasteiger charge is -2.33. The summed E-state index contributed by atoms with van der Waals surface area (Å²) in [7, 11) is 0. The lowest BCUT2D eigenvalue weighted by atomic mass is 10.2. The smallest absolute Gasteiger partial charge is 0.138 e. The molecule has 4 nitrogen and oxygen atoms in total. The second-order valence-electron chi connectivity index (χ2n) is 4.12. The molecule has 2 rings (SSSR count). The van der Waals surface area contributed by atoms with Crippen molar-refractivity contribution in [1.82, 2.24) is 15.0 Å². The minimum atomic E-state index is 0.952. The second-order valence-corrected chi connectivity index (χ2v) is 4.12. The van der Waals surface area contributed by atoms with Crippen molar-refractivity contribution < 1.29 is 4.52 Å². The number of piperazine rings is 1. The van der Waals surface area contributed by atoms with Crippen LogP contribution < -0.4 is 0 Å². The van der Waals surface area contributed by atoms with Gasteiger partial charge in [0, 0.05) is 38.3 Å². The van der Waals surface area contributed by atoms with Gasteiger partial charge in [-0.25, -0.2) is 0 Å². The molecule has 2 heterocycles. The number of likely N-dealkylation sites (N-methyl/N-ethyl adjacent to an activating group) is 1. The first-order valence-corrected chi connectivity index (χ1v) is 5.64. The van der Waals surface area contributed by atoms with Gasteiger partial charge in [-0.15, -0.1) is 0 Å². The summed E-state index contributed by atoms with van der Waals surface area (Å²) in [6, 6.07) is 0. The third-order valence-electron chi connectivity index (χ3n) is 3.16. The van der Waals surface area contributed by atoms with E-state index in [1.54, 1.807) is 0 Å². The van der Waals surface area contributed by atoms with Crippen molar-refractivity contribution in [2.45, 2.75) is 20.4 Å². The van der Waals surface area contributed by atoms with Crippen LogP contribution in [0.2, 0.25) is 0 Å². The summed E-state index contributed by atoms with van der Waals surface area (Å²) >= 11 is 0. The average molecular weight is 209 g/mol. The summed E-state index contributed by atoms with van der Waals surface area (Å²) in [5.74, 6) is 0.952. The van der Waals surface area contributed by atoms with Crippen LogP contribution in [-0.4, -0.2) is 47.7 Å². The zero-order chi connectivity index (χ0) is 10.7. The number of hydrogen-bond donors (Lipinski definition) is 0. The SMILES string of the molecule is CCN1CCN(Cc2cnoc2C)CC1. The van der Waals surface area contributed by atoms with E-state index >= 15 is 0 Å². The fraction of sp³-hybridized carbons (Fsp3) is 0.727. The van der Waals surface area contributed by atoms with Crippen molar-refractivity contribution >= 4 is 0 Å². The molecule has 1 fully saturated rings. The molecular weight excluding hydrogens is 190 g/mol. The number of aromatic nitrogens is 1. The monoisotopic (exact) mass is 209 g/mol. The van der Waals surface area contributed by atoms with Gasteiger partial charge in [-0.3, -0.25) is 4.90 Å². The fourth-order valence-electron chi connectivity index (χ4n) is 1.98. The van der Waals surface area contributed by atoms with Crippen LogP contribution >= 0.6 is 0 Å². The fourth-order valence-corrected chi connectivity index (χ4v) is 1.98. The molecule has 1 aromatic heterocycles. The molecule has 0 amide bonds. The second kappa shape index (κ2) is 4.77. The topological polar surface area (TPSA) is 32.5 Å². The molecule has 84 valence electrons. The Morgan fingerprint density at radius 2 is 1.93 bits per heavy atom. The maximum atomic E-state index is 5.06. The molecule has 0 spiro atoms. The number of rotatable bonds is 3. The van der Waals surface area contributed by atoms with Gasteiger partial charge < -0.3 is 9.42 Å². The van der Waals surface area contributed by atoms with E-state index in [0.717, 1.165) is 25.4 Å². The maximum absolute atomic E-state index is 5.06. The average Bonchev–Trinajstić information content (AvgIpc) is 2.66. The zero-order valence-electron chi connectivity index (χ0n) is 9.57. The van der Waals surface area contributed by atoms with E-state index in [-0.39, 0.29) is 0 Å². The van der Waals surface area contributed by atoms with Gasteiger partial charge in [0.05, 0.1) is 6.20 Å². The van der Waals surface area contributed by atoms with E-state index in [2.05, 4.69) is 21.9 Å². The van der Waals surface area contributed by atoms with Crippen LogP contribution in [0.25, 0.3) is 0 Å². The quantitative estimate of drug-likeness (QED) is 0.747. The van der Waals surface area contributed by atoms with Gasteiger partial charge in [0.1, 0.15) is 5.76 Å². The van der Waals surface area contributed by atoms with Gasteiger partial charge >= 0.3 is 0 Å². The van der Waals surface area contributed by atoms with E-state index in [1.165, 1.54) is 25.2 Å². The van der Waals surface area contributed by atoms with Gasteiger partial charge in [0.15, 0.2) is 0 Å². The predicted octanol–water partition coefficient (Wildman–Crippen LogP) is 1.12. The Morgan fingerprint density at radius 3 is 2.47 bits per heavy atom. The van der Waals surface area contributed by atoms with Crippen LogP contribution in [0.3, 0.4) is 0 Å². The van der Waals surface area contributed by atoms with Gasteiger partial charge in [-0.05, 0) is 13.5 Å². The van der Waals surface area contributed by atoms with Gasteiger partial charge in [-0.1, -0.05) is 12.1 Å². The molecule has 0 saturated carbocycles. The third-order valence-corrected chi connectivity index (χ3v) is 3.16. The minimum absolute atomic E-state index is 0.952. The molecule has 0 bridgehead atoms. The molecule has 0 aromatic carbocycles. The first-order valence-electron chi connectivity index (χ1n) is 5.64. The first-order chi connectivity index (χ1) is 7.29. The standard InChI is InChI=1S/C11H19N3O/c1-3-13-4-6-14(7-5-13)9-11-8-12-15-10(11)2/h8H,3-7,9H2,1-2H3. The summed E-state index contributed by atoms with van der Waals surface area (Å²) in [5.41, 5.74) is 1.22. The van der Waals surface area contributed by atoms with E-state index in [0.29, 0.717) is 0 Å². The highest BCUT2D eigenvalue weighted by atomic mass is 16.5. The van der Waals surface area contributed by atoms with Crippen molar-refractivity contribution in [3.05, 3.63) is 17.5 Å². The minimum Gasteiger partial charge on any atom is -0.361 e. The summed E-state index contributed by atoms with van der Waals surface area (Å²) in [6.45, 7) is 11.0. The summed E-state index contributed by atoms with van der Waals surface area (Å²) in [6.07, 6.45) is 1.83. The number of hydrogen-bond acceptors (Lipinski definition) is 4. The van der Waals surface area contributed by atoms with Crippen LogP contribution in [0.15, 0.2) is 10.7 Å². The maximum Gasteiger partial charge on any atom is 0.138 e. The van der Waals surface area contributed by atoms with Gasteiger partial charge in [0.25, 0.3) is 0 Å². The highest BCUT2D eigenvalue weighted by Crippen LogP contribution is 2.11. The Bertz CT molecular complexity index is 303. The summed E-state index contributed by atoms with van der Waals surface area (Å²) in [4.78, 5) is 4.95. The molecule has 1 aromatic rings. The molecule has 0 radical (unpaired) electrons. The molecule has 0 N–H and O–H groups in total. The van der Waals surface area contributed by atoms with Crippen LogP contribution in [0.1, 0.15) is 18.2 Å². The van der Waals surface area contributed by atoms with Crippen LogP contribution in [0, 0.1) is 6.92 Å². The van der Waals surface area contributed by atoms with Gasteiger partial charge in [-0.2, -0.15) is 0 Å². The molecule has 1 aliphatic rings.